The fourth-order valence-electron chi connectivity index (χ4n) is 1.49. The minimum atomic E-state index is -0.240. The number of carbonyl (C=O) groups excluding carboxylic acids is 1. The van der Waals surface area contributed by atoms with Gasteiger partial charge in [0.1, 0.15) is 0 Å². The van der Waals surface area contributed by atoms with Gasteiger partial charge in [-0.25, -0.2) is 5.43 Å². The van der Waals surface area contributed by atoms with Gasteiger partial charge in [0.2, 0.25) is 0 Å². The molecule has 0 atom stereocenters. The molecule has 19 heavy (non-hydrogen) atoms. The third-order valence-corrected chi connectivity index (χ3v) is 4.56. The molecule has 4 nitrogen and oxygen atoms in total. The smallest absolute Gasteiger partial charge is 0.267 e. The van der Waals surface area contributed by atoms with Gasteiger partial charge in [-0.3, -0.25) is 9.78 Å². The maximum absolute atomic E-state index is 11.7. The zero-order valence-electron chi connectivity index (χ0n) is 10.6. The molecule has 0 saturated carbocycles. The topological polar surface area (TPSA) is 54.4 Å². The summed E-state index contributed by atoms with van der Waals surface area (Å²) >= 11 is 3.40. The lowest BCUT2D eigenvalue weighted by atomic mass is 10.3. The van der Waals surface area contributed by atoms with E-state index in [1.54, 1.807) is 53.8 Å². The number of thiophene rings is 1. The third kappa shape index (κ3) is 3.65. The van der Waals surface area contributed by atoms with Crippen LogP contribution < -0.4 is 5.43 Å². The maximum atomic E-state index is 11.7. The molecule has 0 bridgehead atoms. The molecule has 1 N–H and O–H groups in total. The second kappa shape index (κ2) is 6.49. The standard InChI is InChI=1S/C13H13N3OS2/c1-9-7-11(13(18-2)19-9)8-15-16-12(17)10-3-5-14-6-4-10/h3-8H,1-2H3,(H,16,17)/b15-8+. The van der Waals surface area contributed by atoms with Gasteiger partial charge in [-0.15, -0.1) is 23.1 Å². The van der Waals surface area contributed by atoms with Crippen molar-refractivity contribution in [2.24, 2.45) is 5.10 Å². The SMILES string of the molecule is CSc1sc(C)cc1/C=N/NC(=O)c1ccncc1. The molecule has 2 rings (SSSR count). The Morgan fingerprint density at radius 3 is 2.89 bits per heavy atom. The van der Waals surface area contributed by atoms with E-state index < -0.39 is 0 Å². The first-order chi connectivity index (χ1) is 9.20. The van der Waals surface area contributed by atoms with E-state index in [2.05, 4.69) is 28.5 Å². The van der Waals surface area contributed by atoms with Crippen molar-refractivity contribution in [1.82, 2.24) is 10.4 Å². The van der Waals surface area contributed by atoms with Crippen LogP contribution in [0.4, 0.5) is 0 Å². The molecule has 0 unspecified atom stereocenters. The zero-order valence-corrected chi connectivity index (χ0v) is 12.2. The van der Waals surface area contributed by atoms with Gasteiger partial charge in [-0.1, -0.05) is 0 Å². The van der Waals surface area contributed by atoms with Crippen LogP contribution in [0.15, 0.2) is 39.9 Å². The number of rotatable bonds is 4. The van der Waals surface area contributed by atoms with Gasteiger partial charge in [0.15, 0.2) is 0 Å². The summed E-state index contributed by atoms with van der Waals surface area (Å²) in [6.07, 6.45) is 6.85. The lowest BCUT2D eigenvalue weighted by Crippen LogP contribution is -2.17. The Morgan fingerprint density at radius 1 is 1.47 bits per heavy atom. The molecule has 0 aliphatic heterocycles. The fourth-order valence-corrected chi connectivity index (χ4v) is 3.27. The number of aromatic nitrogens is 1. The van der Waals surface area contributed by atoms with Crippen LogP contribution >= 0.6 is 23.1 Å². The number of hydrogen-bond acceptors (Lipinski definition) is 5. The molecule has 0 aliphatic carbocycles. The van der Waals surface area contributed by atoms with E-state index >= 15 is 0 Å². The number of hydrogen-bond donors (Lipinski definition) is 1. The molecule has 2 heterocycles. The lowest BCUT2D eigenvalue weighted by Gasteiger charge is -1.98. The first-order valence-corrected chi connectivity index (χ1v) is 7.62. The van der Waals surface area contributed by atoms with Gasteiger partial charge < -0.3 is 0 Å². The average Bonchev–Trinajstić information content (AvgIpc) is 2.80. The van der Waals surface area contributed by atoms with Gasteiger partial charge in [-0.05, 0) is 31.4 Å². The summed E-state index contributed by atoms with van der Waals surface area (Å²) in [6.45, 7) is 2.05. The summed E-state index contributed by atoms with van der Waals surface area (Å²) in [5.74, 6) is -0.240. The van der Waals surface area contributed by atoms with Crippen LogP contribution in [0.3, 0.4) is 0 Å². The number of pyridine rings is 1. The van der Waals surface area contributed by atoms with Crippen molar-refractivity contribution in [3.05, 3.63) is 46.6 Å². The van der Waals surface area contributed by atoms with Crippen LogP contribution in [0, 0.1) is 6.92 Å². The Balaban J connectivity index is 2.02. The minimum Gasteiger partial charge on any atom is -0.267 e. The predicted molar refractivity (Wildman–Crippen MR) is 80.1 cm³/mol. The van der Waals surface area contributed by atoms with Crippen LogP contribution in [-0.4, -0.2) is 23.4 Å². The highest BCUT2D eigenvalue weighted by Crippen LogP contribution is 2.28. The summed E-state index contributed by atoms with van der Waals surface area (Å²) in [7, 11) is 0. The summed E-state index contributed by atoms with van der Waals surface area (Å²) < 4.78 is 1.19. The van der Waals surface area contributed by atoms with Crippen LogP contribution in [0.5, 0.6) is 0 Å². The molecule has 2 aromatic rings. The summed E-state index contributed by atoms with van der Waals surface area (Å²) in [4.78, 5) is 16.8. The van der Waals surface area contributed by atoms with E-state index in [1.165, 1.54) is 9.09 Å². The maximum Gasteiger partial charge on any atom is 0.271 e. The quantitative estimate of drug-likeness (QED) is 0.535. The van der Waals surface area contributed by atoms with Crippen molar-refractivity contribution in [3.8, 4) is 0 Å². The van der Waals surface area contributed by atoms with E-state index in [9.17, 15) is 4.79 Å². The Morgan fingerprint density at radius 2 is 2.21 bits per heavy atom. The molecule has 6 heteroatoms. The van der Waals surface area contributed by atoms with Gasteiger partial charge in [-0.2, -0.15) is 5.10 Å². The highest BCUT2D eigenvalue weighted by Gasteiger charge is 2.05. The van der Waals surface area contributed by atoms with Crippen molar-refractivity contribution < 1.29 is 4.79 Å². The van der Waals surface area contributed by atoms with Crippen molar-refractivity contribution in [2.45, 2.75) is 11.1 Å². The number of nitrogens with zero attached hydrogens (tertiary/aromatic N) is 2. The van der Waals surface area contributed by atoms with Crippen LogP contribution in [0.2, 0.25) is 0 Å². The van der Waals surface area contributed by atoms with Crippen molar-refractivity contribution in [3.63, 3.8) is 0 Å². The van der Waals surface area contributed by atoms with E-state index in [-0.39, 0.29) is 5.91 Å². The van der Waals surface area contributed by atoms with E-state index in [4.69, 9.17) is 0 Å². The first kappa shape index (κ1) is 13.8. The van der Waals surface area contributed by atoms with E-state index in [0.29, 0.717) is 5.56 Å². The van der Waals surface area contributed by atoms with Crippen LogP contribution in [-0.2, 0) is 0 Å². The molecule has 98 valence electrons. The molecule has 1 amide bonds. The Hall–Kier alpha value is -1.66. The molecule has 2 aromatic heterocycles. The largest absolute Gasteiger partial charge is 0.271 e. The molecule has 0 saturated heterocycles. The predicted octanol–water partition coefficient (Wildman–Crippen LogP) is 2.94. The molecule has 0 radical (unpaired) electrons. The second-order valence-electron chi connectivity index (χ2n) is 3.74. The lowest BCUT2D eigenvalue weighted by molar-refractivity contribution is 0.0955. The first-order valence-electron chi connectivity index (χ1n) is 5.58. The number of thioether (sulfide) groups is 1. The van der Waals surface area contributed by atoms with Crippen LogP contribution in [0.1, 0.15) is 20.8 Å². The fraction of sp³-hybridized carbons (Fsp3) is 0.154. The van der Waals surface area contributed by atoms with Crippen molar-refractivity contribution in [1.29, 1.82) is 0 Å². The Kier molecular flexibility index (Phi) is 4.70. The van der Waals surface area contributed by atoms with Crippen molar-refractivity contribution >= 4 is 35.2 Å². The molecule has 0 aliphatic rings. The summed E-state index contributed by atoms with van der Waals surface area (Å²) in [5.41, 5.74) is 4.08. The van der Waals surface area contributed by atoms with E-state index in [0.717, 1.165) is 5.56 Å². The normalized spacial score (nSPS) is 10.8. The molecule has 0 aromatic carbocycles. The summed E-state index contributed by atoms with van der Waals surface area (Å²) in [5, 5.41) is 3.99. The van der Waals surface area contributed by atoms with Crippen LogP contribution in [0.25, 0.3) is 0 Å². The number of carbonyl (C=O) groups is 1. The average molecular weight is 291 g/mol. The van der Waals surface area contributed by atoms with Gasteiger partial charge in [0.25, 0.3) is 5.91 Å². The molecule has 0 fully saturated rings. The zero-order chi connectivity index (χ0) is 13.7. The third-order valence-electron chi connectivity index (χ3n) is 2.35. The summed E-state index contributed by atoms with van der Waals surface area (Å²) in [6, 6.07) is 5.35. The van der Waals surface area contributed by atoms with Crippen molar-refractivity contribution in [2.75, 3.05) is 6.26 Å². The Labute approximate surface area is 120 Å². The number of nitrogens with one attached hydrogen (secondary N) is 1. The number of hydrazone groups is 1. The van der Waals surface area contributed by atoms with E-state index in [1.807, 2.05) is 6.26 Å². The highest BCUT2D eigenvalue weighted by molar-refractivity contribution is 8.00. The highest BCUT2D eigenvalue weighted by atomic mass is 32.2. The second-order valence-corrected chi connectivity index (χ2v) is 6.07. The minimum absolute atomic E-state index is 0.240. The Bertz CT molecular complexity index is 593. The molecule has 0 spiro atoms. The molecular formula is C13H13N3OS2. The number of aryl methyl sites for hydroxylation is 1. The molecular weight excluding hydrogens is 278 g/mol. The van der Waals surface area contributed by atoms with Gasteiger partial charge in [0, 0.05) is 28.4 Å². The van der Waals surface area contributed by atoms with Gasteiger partial charge in [0.05, 0.1) is 10.4 Å². The van der Waals surface area contributed by atoms with Gasteiger partial charge >= 0.3 is 0 Å². The monoisotopic (exact) mass is 291 g/mol. The number of amides is 1.